The normalized spacial score (nSPS) is 14.9. The monoisotopic (exact) mass is 521 g/mol. The number of pyridine rings is 1. The summed E-state index contributed by atoms with van der Waals surface area (Å²) in [7, 11) is 1.44. The number of hydrogen-bond acceptors (Lipinski definition) is 3. The summed E-state index contributed by atoms with van der Waals surface area (Å²) in [5.41, 5.74) is -0.688. The summed E-state index contributed by atoms with van der Waals surface area (Å²) in [5.74, 6) is 1.83. The fourth-order valence-electron chi connectivity index (χ4n) is 4.28. The molecule has 1 saturated heterocycles. The lowest BCUT2D eigenvalue weighted by molar-refractivity contribution is -0.141. The van der Waals surface area contributed by atoms with E-state index in [0.29, 0.717) is 36.9 Å². The number of aryl methyl sites for hydroxylation is 2. The first-order valence-electron chi connectivity index (χ1n) is 10.8. The van der Waals surface area contributed by atoms with Crippen LogP contribution in [0.1, 0.15) is 50.5 Å². The summed E-state index contributed by atoms with van der Waals surface area (Å²) in [6.45, 7) is 2.44. The van der Waals surface area contributed by atoms with Crippen LogP contribution in [0.2, 0.25) is 10.0 Å². The Morgan fingerprint density at radius 2 is 1.83 bits per heavy atom. The first-order chi connectivity index (χ1) is 16.4. The van der Waals surface area contributed by atoms with E-state index in [4.69, 9.17) is 29.6 Å². The second kappa shape index (κ2) is 9.21. The Balaban J connectivity index is 1.75. The fraction of sp³-hybridized carbons (Fsp3) is 0.320. The minimum absolute atomic E-state index is 0.00321. The number of terminal acetylenes is 1. The number of benzene rings is 1. The van der Waals surface area contributed by atoms with E-state index in [2.05, 4.69) is 10.9 Å². The maximum Gasteiger partial charge on any atom is 0.433 e. The van der Waals surface area contributed by atoms with E-state index in [-0.39, 0.29) is 44.3 Å². The minimum atomic E-state index is -4.64. The maximum absolute atomic E-state index is 13.5. The number of halogens is 5. The van der Waals surface area contributed by atoms with Crippen molar-refractivity contribution in [1.29, 1.82) is 0 Å². The zero-order valence-corrected chi connectivity index (χ0v) is 20.4. The summed E-state index contributed by atoms with van der Waals surface area (Å²) in [6.07, 6.45) is 2.18. The molecule has 35 heavy (non-hydrogen) atoms. The lowest BCUT2D eigenvalue weighted by Crippen LogP contribution is -2.38. The van der Waals surface area contributed by atoms with Crippen molar-refractivity contribution in [1.82, 2.24) is 14.5 Å². The molecule has 10 heteroatoms. The number of aromatic nitrogens is 2. The molecular weight excluding hydrogens is 502 g/mol. The van der Waals surface area contributed by atoms with Gasteiger partial charge in [0.25, 0.3) is 5.91 Å². The Bertz CT molecular complexity index is 1400. The molecule has 3 heterocycles. The van der Waals surface area contributed by atoms with Crippen LogP contribution in [0.4, 0.5) is 13.2 Å². The van der Waals surface area contributed by atoms with Crippen molar-refractivity contribution < 1.29 is 22.8 Å². The number of ketones is 1. The topological polar surface area (TPSA) is 55.2 Å². The van der Waals surface area contributed by atoms with Gasteiger partial charge in [-0.25, -0.2) is 4.98 Å². The molecule has 1 aliphatic rings. The van der Waals surface area contributed by atoms with Gasteiger partial charge in [-0.3, -0.25) is 9.59 Å². The Labute approximate surface area is 209 Å². The third kappa shape index (κ3) is 4.51. The van der Waals surface area contributed by atoms with Gasteiger partial charge in [0, 0.05) is 31.4 Å². The van der Waals surface area contributed by atoms with Crippen molar-refractivity contribution in [3.8, 4) is 12.3 Å². The largest absolute Gasteiger partial charge is 0.433 e. The van der Waals surface area contributed by atoms with E-state index < -0.39 is 17.7 Å². The molecule has 0 unspecified atom stereocenters. The second-order valence-corrected chi connectivity index (χ2v) is 9.28. The van der Waals surface area contributed by atoms with Crippen molar-refractivity contribution in [3.05, 3.63) is 62.4 Å². The van der Waals surface area contributed by atoms with Gasteiger partial charge < -0.3 is 9.47 Å². The smallest absolute Gasteiger partial charge is 0.339 e. The standard InChI is InChI=1S/C25H20Cl2F3N3O2/c1-4-14-7-9-33(10-8-14)24(35)15-5-6-17(26)20(21(15)27)22(34)18-12-16-13(2)11-19(25(28,29)30)31-23(16)32(18)3/h1,5-6,11-12,14H,7-10H2,2-3H3. The molecule has 1 amide bonds. The van der Waals surface area contributed by atoms with E-state index in [1.54, 1.807) is 4.90 Å². The van der Waals surface area contributed by atoms with Crippen LogP contribution >= 0.6 is 23.2 Å². The second-order valence-electron chi connectivity index (χ2n) is 8.49. The Kier molecular flexibility index (Phi) is 6.60. The van der Waals surface area contributed by atoms with Crippen LogP contribution in [-0.4, -0.2) is 39.2 Å². The summed E-state index contributed by atoms with van der Waals surface area (Å²) >= 11 is 12.9. The Morgan fingerprint density at radius 3 is 2.43 bits per heavy atom. The summed E-state index contributed by atoms with van der Waals surface area (Å²) in [6, 6.07) is 5.25. The average molecular weight is 522 g/mol. The van der Waals surface area contributed by atoms with Gasteiger partial charge >= 0.3 is 6.18 Å². The van der Waals surface area contributed by atoms with Gasteiger partial charge in [0.1, 0.15) is 11.3 Å². The molecule has 2 aromatic heterocycles. The predicted molar refractivity (Wildman–Crippen MR) is 128 cm³/mol. The van der Waals surface area contributed by atoms with Gasteiger partial charge in [0.05, 0.1) is 26.9 Å². The van der Waals surface area contributed by atoms with Crippen molar-refractivity contribution in [3.63, 3.8) is 0 Å². The Morgan fingerprint density at radius 1 is 1.17 bits per heavy atom. The molecule has 182 valence electrons. The van der Waals surface area contributed by atoms with Gasteiger partial charge in [-0.2, -0.15) is 13.2 Å². The first kappa shape index (κ1) is 25.1. The number of carbonyl (C=O) groups excluding carboxylic acids is 2. The molecule has 1 aliphatic heterocycles. The highest BCUT2D eigenvalue weighted by atomic mass is 35.5. The zero-order chi connectivity index (χ0) is 25.7. The number of piperidine rings is 1. The lowest BCUT2D eigenvalue weighted by Gasteiger charge is -2.30. The molecule has 5 nitrogen and oxygen atoms in total. The number of rotatable bonds is 3. The van der Waals surface area contributed by atoms with Crippen LogP contribution in [0.5, 0.6) is 0 Å². The number of likely N-dealkylation sites (tertiary alicyclic amines) is 1. The minimum Gasteiger partial charge on any atom is -0.339 e. The van der Waals surface area contributed by atoms with Crippen LogP contribution in [0, 0.1) is 25.2 Å². The van der Waals surface area contributed by atoms with Crippen molar-refractivity contribution >= 4 is 45.9 Å². The van der Waals surface area contributed by atoms with E-state index in [9.17, 15) is 22.8 Å². The van der Waals surface area contributed by atoms with E-state index in [1.165, 1.54) is 36.7 Å². The van der Waals surface area contributed by atoms with Gasteiger partial charge in [-0.15, -0.1) is 12.3 Å². The Hall–Kier alpha value is -3.02. The maximum atomic E-state index is 13.5. The molecule has 0 aliphatic carbocycles. The van der Waals surface area contributed by atoms with Gasteiger partial charge in [-0.05, 0) is 49.6 Å². The SMILES string of the molecule is C#CC1CCN(C(=O)c2ccc(Cl)c(C(=O)c3cc4c(C)cc(C(F)(F)F)nc4n3C)c2Cl)CC1. The van der Waals surface area contributed by atoms with Crippen molar-refractivity contribution in [2.75, 3.05) is 13.1 Å². The molecule has 1 aromatic carbocycles. The third-order valence-corrected chi connectivity index (χ3v) is 7.00. The number of amides is 1. The molecule has 0 radical (unpaired) electrons. The van der Waals surface area contributed by atoms with Crippen LogP contribution in [0.25, 0.3) is 11.0 Å². The van der Waals surface area contributed by atoms with Crippen LogP contribution in [0.15, 0.2) is 24.3 Å². The van der Waals surface area contributed by atoms with Crippen molar-refractivity contribution in [2.24, 2.45) is 13.0 Å². The highest BCUT2D eigenvalue weighted by molar-refractivity contribution is 6.42. The van der Waals surface area contributed by atoms with Crippen LogP contribution < -0.4 is 0 Å². The summed E-state index contributed by atoms with van der Waals surface area (Å²) in [4.78, 5) is 32.0. The van der Waals surface area contributed by atoms with E-state index in [1.807, 2.05) is 0 Å². The highest BCUT2D eigenvalue weighted by Crippen LogP contribution is 2.35. The van der Waals surface area contributed by atoms with Gasteiger partial charge in [0.15, 0.2) is 0 Å². The third-order valence-electron chi connectivity index (χ3n) is 6.29. The first-order valence-corrected chi connectivity index (χ1v) is 11.5. The number of carbonyl (C=O) groups is 2. The predicted octanol–water partition coefficient (Wildman–Crippen LogP) is 5.92. The molecule has 1 fully saturated rings. The summed E-state index contributed by atoms with van der Waals surface area (Å²) in [5, 5.41) is 0.297. The number of fused-ring (bicyclic) bond motifs is 1. The van der Waals surface area contributed by atoms with Gasteiger partial charge in [-0.1, -0.05) is 23.2 Å². The molecule has 0 saturated carbocycles. The number of hydrogen-bond donors (Lipinski definition) is 0. The molecule has 0 atom stereocenters. The highest BCUT2D eigenvalue weighted by Gasteiger charge is 2.34. The molecule has 0 spiro atoms. The quantitative estimate of drug-likeness (QED) is 0.317. The zero-order valence-electron chi connectivity index (χ0n) is 18.8. The molecule has 0 N–H and O–H groups in total. The molecule has 0 bridgehead atoms. The van der Waals surface area contributed by atoms with Gasteiger partial charge in [0.2, 0.25) is 5.78 Å². The summed E-state index contributed by atoms with van der Waals surface area (Å²) < 4.78 is 41.0. The number of nitrogens with zero attached hydrogens (tertiary/aromatic N) is 3. The van der Waals surface area contributed by atoms with E-state index >= 15 is 0 Å². The van der Waals surface area contributed by atoms with Crippen molar-refractivity contribution in [2.45, 2.75) is 25.9 Å². The average Bonchev–Trinajstić information content (AvgIpc) is 3.15. The number of alkyl halides is 3. The van der Waals surface area contributed by atoms with Crippen LogP contribution in [0.3, 0.4) is 0 Å². The molecular formula is C25H20Cl2F3N3O2. The molecule has 4 rings (SSSR count). The fourth-order valence-corrected chi connectivity index (χ4v) is 4.91. The molecule has 3 aromatic rings. The lowest BCUT2D eigenvalue weighted by atomic mass is 9.97. The van der Waals surface area contributed by atoms with E-state index in [0.717, 1.165) is 6.07 Å². The van der Waals surface area contributed by atoms with Crippen LogP contribution in [-0.2, 0) is 13.2 Å².